The molecule has 2 N–H and O–H groups in total. The number of aromatic nitrogens is 4. The van der Waals surface area contributed by atoms with E-state index >= 15 is 0 Å². The van der Waals surface area contributed by atoms with Crippen molar-refractivity contribution in [2.75, 3.05) is 18.4 Å². The lowest BCUT2D eigenvalue weighted by molar-refractivity contribution is 0.133. The van der Waals surface area contributed by atoms with Crippen molar-refractivity contribution < 1.29 is 9.90 Å². The van der Waals surface area contributed by atoms with Crippen molar-refractivity contribution in [3.63, 3.8) is 0 Å². The molecule has 0 saturated carbocycles. The van der Waals surface area contributed by atoms with Gasteiger partial charge in [-0.05, 0) is 31.0 Å². The van der Waals surface area contributed by atoms with Crippen molar-refractivity contribution in [3.8, 4) is 5.82 Å². The van der Waals surface area contributed by atoms with Gasteiger partial charge in [-0.2, -0.15) is 4.98 Å². The third-order valence-electron chi connectivity index (χ3n) is 4.51. The second-order valence-electron chi connectivity index (χ2n) is 6.15. The van der Waals surface area contributed by atoms with Crippen LogP contribution in [0.2, 0.25) is 5.02 Å². The molecular formula is C17H17ClN6O2. The number of pyridine rings is 1. The van der Waals surface area contributed by atoms with E-state index in [1.165, 1.54) is 4.90 Å². The summed E-state index contributed by atoms with van der Waals surface area (Å²) in [5, 5.41) is 12.8. The molecule has 0 unspecified atom stereocenters. The van der Waals surface area contributed by atoms with Gasteiger partial charge in [-0.3, -0.25) is 9.55 Å². The smallest absolute Gasteiger partial charge is 0.407 e. The van der Waals surface area contributed by atoms with Crippen molar-refractivity contribution in [2.45, 2.75) is 18.9 Å². The fraction of sp³-hybridized carbons (Fsp3) is 0.294. The Hall–Kier alpha value is -2.87. The first-order valence-corrected chi connectivity index (χ1v) is 8.69. The minimum Gasteiger partial charge on any atom is -0.465 e. The van der Waals surface area contributed by atoms with Gasteiger partial charge in [-0.1, -0.05) is 11.6 Å². The first-order chi connectivity index (χ1) is 12.6. The Morgan fingerprint density at radius 1 is 1.27 bits per heavy atom. The molecule has 8 nitrogen and oxygen atoms in total. The lowest BCUT2D eigenvalue weighted by atomic mass is 10.1. The predicted molar refractivity (Wildman–Crippen MR) is 97.9 cm³/mol. The van der Waals surface area contributed by atoms with Crippen molar-refractivity contribution in [3.05, 3.63) is 41.8 Å². The first kappa shape index (κ1) is 16.6. The number of hydrogen-bond acceptors (Lipinski definition) is 5. The van der Waals surface area contributed by atoms with E-state index in [4.69, 9.17) is 16.7 Å². The van der Waals surface area contributed by atoms with E-state index in [-0.39, 0.29) is 6.04 Å². The minimum absolute atomic E-state index is 0.127. The van der Waals surface area contributed by atoms with Gasteiger partial charge in [0.1, 0.15) is 5.02 Å². The normalized spacial score (nSPS) is 15.3. The molecule has 1 saturated heterocycles. The van der Waals surface area contributed by atoms with Gasteiger partial charge in [0.25, 0.3) is 0 Å². The molecule has 0 aromatic carbocycles. The van der Waals surface area contributed by atoms with Gasteiger partial charge >= 0.3 is 6.09 Å². The van der Waals surface area contributed by atoms with Crippen LogP contribution in [0, 0.1) is 0 Å². The number of carboxylic acid groups (broad SMARTS) is 1. The molecule has 1 amide bonds. The number of fused-ring (bicyclic) bond motifs is 1. The van der Waals surface area contributed by atoms with Crippen molar-refractivity contribution >= 4 is 34.7 Å². The highest BCUT2D eigenvalue weighted by Gasteiger charge is 2.23. The maximum atomic E-state index is 11.0. The van der Waals surface area contributed by atoms with Crippen LogP contribution in [0.25, 0.3) is 16.9 Å². The number of carbonyl (C=O) groups is 1. The summed E-state index contributed by atoms with van der Waals surface area (Å²) in [6.07, 6.45) is 5.74. The van der Waals surface area contributed by atoms with Gasteiger partial charge in [0.15, 0.2) is 5.82 Å². The van der Waals surface area contributed by atoms with Gasteiger partial charge in [0, 0.05) is 31.5 Å². The third-order valence-corrected chi connectivity index (χ3v) is 4.78. The number of likely N-dealkylation sites (tertiary alicyclic amines) is 1. The van der Waals surface area contributed by atoms with Crippen LogP contribution in [-0.4, -0.2) is 54.8 Å². The Morgan fingerprint density at radius 3 is 2.85 bits per heavy atom. The second-order valence-corrected chi connectivity index (χ2v) is 6.55. The number of anilines is 1. The summed E-state index contributed by atoms with van der Waals surface area (Å²) in [4.78, 5) is 25.6. The maximum Gasteiger partial charge on any atom is 0.407 e. The quantitative estimate of drug-likeness (QED) is 0.733. The van der Waals surface area contributed by atoms with Gasteiger partial charge in [0.2, 0.25) is 5.95 Å². The van der Waals surface area contributed by atoms with Gasteiger partial charge in [-0.25, -0.2) is 9.78 Å². The summed E-state index contributed by atoms with van der Waals surface area (Å²) in [5.41, 5.74) is 1.77. The Kier molecular flexibility index (Phi) is 4.34. The average molecular weight is 373 g/mol. The predicted octanol–water partition coefficient (Wildman–Crippen LogP) is 3.02. The number of amides is 1. The van der Waals surface area contributed by atoms with E-state index < -0.39 is 6.09 Å². The van der Waals surface area contributed by atoms with Gasteiger partial charge in [-0.15, -0.1) is 0 Å². The molecule has 0 radical (unpaired) electrons. The molecule has 26 heavy (non-hydrogen) atoms. The number of rotatable bonds is 3. The zero-order valence-electron chi connectivity index (χ0n) is 13.8. The van der Waals surface area contributed by atoms with Crippen LogP contribution < -0.4 is 5.32 Å². The Bertz CT molecular complexity index is 951. The van der Waals surface area contributed by atoms with E-state index in [0.717, 1.165) is 11.0 Å². The SMILES string of the molecule is O=C(O)N1CCC(Nc2ncc(Cl)c(-n3ccc4ncccc43)n2)CC1. The monoisotopic (exact) mass is 372 g/mol. The van der Waals surface area contributed by atoms with E-state index in [0.29, 0.717) is 42.7 Å². The number of hydrogen-bond donors (Lipinski definition) is 2. The van der Waals surface area contributed by atoms with E-state index in [1.54, 1.807) is 12.4 Å². The highest BCUT2D eigenvalue weighted by Crippen LogP contribution is 2.24. The Balaban J connectivity index is 1.56. The molecule has 3 aromatic rings. The number of nitrogens with one attached hydrogen (secondary N) is 1. The van der Waals surface area contributed by atoms with Crippen LogP contribution in [0.3, 0.4) is 0 Å². The highest BCUT2D eigenvalue weighted by atomic mass is 35.5. The van der Waals surface area contributed by atoms with Crippen LogP contribution in [-0.2, 0) is 0 Å². The van der Waals surface area contributed by atoms with E-state index in [9.17, 15) is 4.79 Å². The summed E-state index contributed by atoms with van der Waals surface area (Å²) >= 11 is 6.32. The molecule has 1 aliphatic rings. The number of nitrogens with zero attached hydrogens (tertiary/aromatic N) is 5. The van der Waals surface area contributed by atoms with E-state index in [1.807, 2.05) is 29.0 Å². The van der Waals surface area contributed by atoms with Crippen molar-refractivity contribution in [1.29, 1.82) is 0 Å². The molecule has 4 rings (SSSR count). The summed E-state index contributed by atoms with van der Waals surface area (Å²) in [7, 11) is 0. The lowest BCUT2D eigenvalue weighted by Crippen LogP contribution is -2.41. The molecule has 0 spiro atoms. The second kappa shape index (κ2) is 6.80. The molecule has 0 atom stereocenters. The largest absolute Gasteiger partial charge is 0.465 e. The summed E-state index contributed by atoms with van der Waals surface area (Å²) in [5.74, 6) is 1.05. The molecule has 1 fully saturated rings. The third kappa shape index (κ3) is 3.15. The minimum atomic E-state index is -0.874. The molecule has 0 bridgehead atoms. The van der Waals surface area contributed by atoms with Crippen LogP contribution in [0.4, 0.5) is 10.7 Å². The molecule has 3 aromatic heterocycles. The molecule has 1 aliphatic heterocycles. The highest BCUT2D eigenvalue weighted by molar-refractivity contribution is 6.32. The zero-order chi connectivity index (χ0) is 18.1. The average Bonchev–Trinajstić information content (AvgIpc) is 3.08. The van der Waals surface area contributed by atoms with Gasteiger partial charge in [0.05, 0.1) is 17.2 Å². The topological polar surface area (TPSA) is 96.2 Å². The Morgan fingerprint density at radius 2 is 2.08 bits per heavy atom. The Labute approximate surface area is 154 Å². The van der Waals surface area contributed by atoms with Crippen LogP contribution in [0.15, 0.2) is 36.8 Å². The standard InChI is InChI=1S/C17H17ClN6O2/c18-12-10-20-16(21-11-3-7-23(8-4-11)17(25)26)22-15(12)24-9-5-13-14(24)2-1-6-19-13/h1-2,5-6,9-11H,3-4,7-8H2,(H,25,26)(H,20,21,22). The molecule has 134 valence electrons. The van der Waals surface area contributed by atoms with Crippen molar-refractivity contribution in [1.82, 2.24) is 24.4 Å². The number of halogens is 1. The molecule has 0 aliphatic carbocycles. The number of piperidine rings is 1. The summed E-state index contributed by atoms with van der Waals surface area (Å²) in [6.45, 7) is 1.00. The maximum absolute atomic E-state index is 11.0. The molecule has 9 heteroatoms. The summed E-state index contributed by atoms with van der Waals surface area (Å²) in [6, 6.07) is 5.85. The first-order valence-electron chi connectivity index (χ1n) is 8.31. The fourth-order valence-electron chi connectivity index (χ4n) is 3.15. The lowest BCUT2D eigenvalue weighted by Gasteiger charge is -2.30. The van der Waals surface area contributed by atoms with E-state index in [2.05, 4.69) is 20.3 Å². The van der Waals surface area contributed by atoms with Crippen LogP contribution in [0.1, 0.15) is 12.8 Å². The fourth-order valence-corrected chi connectivity index (χ4v) is 3.33. The summed E-state index contributed by atoms with van der Waals surface area (Å²) < 4.78 is 1.88. The van der Waals surface area contributed by atoms with Gasteiger partial charge < -0.3 is 15.3 Å². The van der Waals surface area contributed by atoms with Crippen molar-refractivity contribution in [2.24, 2.45) is 0 Å². The van der Waals surface area contributed by atoms with Crippen LogP contribution in [0.5, 0.6) is 0 Å². The zero-order valence-corrected chi connectivity index (χ0v) is 14.6. The molecular weight excluding hydrogens is 356 g/mol. The van der Waals surface area contributed by atoms with Crippen LogP contribution >= 0.6 is 11.6 Å². The molecule has 4 heterocycles.